The van der Waals surface area contributed by atoms with Crippen LogP contribution < -0.4 is 0 Å². The van der Waals surface area contributed by atoms with Gasteiger partial charge in [-0.15, -0.1) is 0 Å². The second-order valence-electron chi connectivity index (χ2n) is 5.08. The second-order valence-corrected chi connectivity index (χ2v) is 5.08. The van der Waals surface area contributed by atoms with E-state index >= 15 is 0 Å². The molecule has 0 bridgehead atoms. The van der Waals surface area contributed by atoms with E-state index in [0.29, 0.717) is 22.5 Å². The molecule has 0 saturated heterocycles. The highest BCUT2D eigenvalue weighted by Crippen LogP contribution is 2.23. The van der Waals surface area contributed by atoms with Gasteiger partial charge in [0.2, 0.25) is 0 Å². The number of hydrogen-bond acceptors (Lipinski definition) is 3. The summed E-state index contributed by atoms with van der Waals surface area (Å²) in [7, 11) is 1.75. The lowest BCUT2D eigenvalue weighted by Crippen LogP contribution is -1.96. The van der Waals surface area contributed by atoms with Crippen molar-refractivity contribution in [1.29, 1.82) is 5.26 Å². The van der Waals surface area contributed by atoms with Crippen LogP contribution in [0.25, 0.3) is 11.3 Å². The third kappa shape index (κ3) is 2.89. The molecule has 0 N–H and O–H groups in total. The van der Waals surface area contributed by atoms with Gasteiger partial charge >= 0.3 is 0 Å². The Morgan fingerprint density at radius 2 is 2.18 bits per heavy atom. The van der Waals surface area contributed by atoms with Gasteiger partial charge in [0.1, 0.15) is 0 Å². The number of nitriles is 1. The minimum Gasteiger partial charge on any atom is -0.276 e. The maximum atomic E-state index is 9.07. The molecule has 0 atom stereocenters. The predicted octanol–water partition coefficient (Wildman–Crippen LogP) is 3.25. The van der Waals surface area contributed by atoms with Gasteiger partial charge in [-0.2, -0.15) is 10.4 Å². The third-order valence-electron chi connectivity index (χ3n) is 3.34. The van der Waals surface area contributed by atoms with Crippen LogP contribution in [0.5, 0.6) is 0 Å². The highest BCUT2D eigenvalue weighted by molar-refractivity contribution is 5.64. The fourth-order valence-corrected chi connectivity index (χ4v) is 2.26. The van der Waals surface area contributed by atoms with Crippen LogP contribution in [-0.2, 0) is 13.4 Å². The number of pyridine rings is 1. The van der Waals surface area contributed by atoms with E-state index in [-0.39, 0.29) is 0 Å². The summed E-state index contributed by atoms with van der Waals surface area (Å²) in [6.45, 7) is 1.92. The zero-order chi connectivity index (χ0) is 17.3. The van der Waals surface area contributed by atoms with E-state index in [9.17, 15) is 0 Å². The van der Waals surface area contributed by atoms with Crippen molar-refractivity contribution in [3.05, 3.63) is 71.2 Å². The van der Waals surface area contributed by atoms with E-state index in [1.807, 2.05) is 19.1 Å². The lowest BCUT2D eigenvalue weighted by molar-refractivity contribution is 0.767. The minimum absolute atomic E-state index is 0.318. The van der Waals surface area contributed by atoms with Crippen molar-refractivity contribution < 1.29 is 2.74 Å². The summed E-state index contributed by atoms with van der Waals surface area (Å²) >= 11 is 0. The molecule has 1 aromatic carbocycles. The van der Waals surface area contributed by atoms with Gasteiger partial charge in [-0.25, -0.2) is 0 Å². The number of benzene rings is 1. The Morgan fingerprint density at radius 3 is 2.91 bits per heavy atom. The summed E-state index contributed by atoms with van der Waals surface area (Å²) in [5, 5.41) is 13.1. The quantitative estimate of drug-likeness (QED) is 0.744. The molecule has 3 rings (SSSR count). The Labute approximate surface area is 132 Å². The van der Waals surface area contributed by atoms with Gasteiger partial charge in [-0.1, -0.05) is 18.2 Å². The van der Waals surface area contributed by atoms with Crippen molar-refractivity contribution in [3.8, 4) is 17.3 Å². The average molecular weight is 290 g/mol. The largest absolute Gasteiger partial charge is 0.276 e. The molecular weight excluding hydrogens is 272 g/mol. The van der Waals surface area contributed by atoms with E-state index in [1.54, 1.807) is 42.2 Å². The molecule has 0 amide bonds. The molecule has 0 aliphatic heterocycles. The van der Waals surface area contributed by atoms with E-state index in [0.717, 1.165) is 11.1 Å². The Bertz CT molecular complexity index is 938. The smallest absolute Gasteiger partial charge is 0.0991 e. The molecule has 4 heteroatoms. The maximum Gasteiger partial charge on any atom is 0.0991 e. The molecule has 2 heterocycles. The van der Waals surface area contributed by atoms with Crippen LogP contribution in [0.3, 0.4) is 0 Å². The first kappa shape index (κ1) is 11.7. The van der Waals surface area contributed by atoms with Crippen LogP contribution in [0.1, 0.15) is 25.1 Å². The van der Waals surface area contributed by atoms with Gasteiger partial charge in [-0.3, -0.25) is 9.67 Å². The van der Waals surface area contributed by atoms with Crippen LogP contribution in [-0.4, -0.2) is 14.8 Å². The fourth-order valence-electron chi connectivity index (χ4n) is 2.26. The third-order valence-corrected chi connectivity index (χ3v) is 3.34. The Kier molecular flexibility index (Phi) is 3.10. The SMILES string of the molecule is [2H]C([2H])(c1cnn(C)c1)c1ccc(C)c(-c2cccc(C#N)c2)n1. The Hall–Kier alpha value is -2.93. The Morgan fingerprint density at radius 1 is 1.32 bits per heavy atom. The van der Waals surface area contributed by atoms with Crippen LogP contribution in [0, 0.1) is 18.3 Å². The number of aryl methyl sites for hydroxylation is 2. The average Bonchev–Trinajstić information content (AvgIpc) is 3.02. The maximum absolute atomic E-state index is 9.07. The van der Waals surface area contributed by atoms with Crippen molar-refractivity contribution >= 4 is 0 Å². The molecule has 0 aliphatic carbocycles. The summed E-state index contributed by atoms with van der Waals surface area (Å²) in [6, 6.07) is 12.8. The molecule has 4 nitrogen and oxygen atoms in total. The summed E-state index contributed by atoms with van der Waals surface area (Å²) in [5.41, 5.74) is 3.73. The van der Waals surface area contributed by atoms with Crippen LogP contribution in [0.15, 0.2) is 48.8 Å². The zero-order valence-electron chi connectivity index (χ0n) is 14.4. The zero-order valence-corrected chi connectivity index (χ0v) is 12.4. The number of aromatic nitrogens is 3. The lowest BCUT2D eigenvalue weighted by Gasteiger charge is -2.08. The normalized spacial score (nSPS) is 12.4. The van der Waals surface area contributed by atoms with Gasteiger partial charge in [0.05, 0.1) is 23.5 Å². The van der Waals surface area contributed by atoms with Gasteiger partial charge < -0.3 is 0 Å². The van der Waals surface area contributed by atoms with Crippen molar-refractivity contribution in [3.63, 3.8) is 0 Å². The first-order valence-electron chi connectivity index (χ1n) is 7.89. The van der Waals surface area contributed by atoms with Crippen molar-refractivity contribution in [2.75, 3.05) is 0 Å². The fraction of sp³-hybridized carbons (Fsp3) is 0.167. The molecule has 0 spiro atoms. The van der Waals surface area contributed by atoms with Crippen molar-refractivity contribution in [1.82, 2.24) is 14.8 Å². The molecule has 0 saturated carbocycles. The summed E-state index contributed by atoms with van der Waals surface area (Å²) < 4.78 is 18.4. The van der Waals surface area contributed by atoms with Crippen molar-refractivity contribution in [2.24, 2.45) is 7.05 Å². The summed E-state index contributed by atoms with van der Waals surface area (Å²) in [5.74, 6) is 0. The lowest BCUT2D eigenvalue weighted by atomic mass is 10.0. The highest BCUT2D eigenvalue weighted by Gasteiger charge is 2.07. The topological polar surface area (TPSA) is 54.5 Å². The highest BCUT2D eigenvalue weighted by atomic mass is 15.2. The van der Waals surface area contributed by atoms with E-state index in [1.165, 1.54) is 6.20 Å². The molecule has 0 unspecified atom stereocenters. The molecule has 0 fully saturated rings. The van der Waals surface area contributed by atoms with Crippen LogP contribution >= 0.6 is 0 Å². The first-order valence-corrected chi connectivity index (χ1v) is 6.89. The molecule has 0 aliphatic rings. The molecule has 0 radical (unpaired) electrons. The van der Waals surface area contributed by atoms with Gasteiger partial charge in [0.15, 0.2) is 0 Å². The van der Waals surface area contributed by atoms with Gasteiger partial charge in [-0.05, 0) is 36.2 Å². The number of nitrogens with zero attached hydrogens (tertiary/aromatic N) is 4. The second kappa shape index (κ2) is 5.82. The van der Waals surface area contributed by atoms with Crippen molar-refractivity contribution in [2.45, 2.75) is 13.3 Å². The minimum atomic E-state index is -1.75. The van der Waals surface area contributed by atoms with Crippen LogP contribution in [0.4, 0.5) is 0 Å². The Balaban J connectivity index is 2.11. The molecule has 3 aromatic rings. The van der Waals surface area contributed by atoms with Crippen LogP contribution in [0.2, 0.25) is 0 Å². The van der Waals surface area contributed by atoms with Gasteiger partial charge in [0.25, 0.3) is 0 Å². The first-order chi connectivity index (χ1) is 11.4. The summed E-state index contributed by atoms with van der Waals surface area (Å²) in [4.78, 5) is 4.55. The number of hydrogen-bond donors (Lipinski definition) is 0. The molecule has 2 aromatic heterocycles. The van der Waals surface area contributed by atoms with E-state index < -0.39 is 6.37 Å². The monoisotopic (exact) mass is 290 g/mol. The molecular formula is C18H16N4. The van der Waals surface area contributed by atoms with Gasteiger partial charge in [0, 0.05) is 33.6 Å². The van der Waals surface area contributed by atoms with E-state index in [2.05, 4.69) is 16.2 Å². The molecule has 22 heavy (non-hydrogen) atoms. The number of rotatable bonds is 3. The van der Waals surface area contributed by atoms with E-state index in [4.69, 9.17) is 8.00 Å². The predicted molar refractivity (Wildman–Crippen MR) is 85.1 cm³/mol. The summed E-state index contributed by atoms with van der Waals surface area (Å²) in [6.07, 6.45) is 1.42. The standard InChI is InChI=1S/C18H16N4/c1-13-6-7-17(9-15-11-20-22(2)12-15)21-18(13)16-5-3-4-14(8-16)10-19/h3-8,11-12H,9H2,1-2H3/i9D2. The molecule has 108 valence electrons.